The summed E-state index contributed by atoms with van der Waals surface area (Å²) < 4.78 is 0. The molecule has 2 aliphatic rings. The standard InChI is InChI=1S/C25H19N3P.C11H8N.Ir/c1-27-19-10-3-5-12-23(19)29-24-13-6-4-11-20(24)28(2)22-16-17(15-21(27)25(22)29)18-9-7-8-14-26-18;1-2-6-10(7-3-1)11-8-4-5-9-12-11;/h3-15H,1-2H3;1-6,8-9H;/q2*-1;. The smallest absolute Gasteiger partial charge is 0.0471 e. The van der Waals surface area contributed by atoms with Crippen molar-refractivity contribution in [1.29, 1.82) is 0 Å². The van der Waals surface area contributed by atoms with Crippen LogP contribution in [-0.2, 0) is 20.1 Å². The van der Waals surface area contributed by atoms with Gasteiger partial charge in [0.05, 0.1) is 0 Å². The van der Waals surface area contributed by atoms with Crippen molar-refractivity contribution in [3.05, 3.63) is 140 Å². The molecule has 207 valence electrons. The predicted octanol–water partition coefficient (Wildman–Crippen LogP) is 7.02. The Morgan fingerprint density at radius 2 is 1.17 bits per heavy atom. The van der Waals surface area contributed by atoms with E-state index in [1.807, 2.05) is 60.8 Å². The van der Waals surface area contributed by atoms with E-state index in [-0.39, 0.29) is 20.1 Å². The van der Waals surface area contributed by atoms with Crippen LogP contribution in [0.15, 0.2) is 128 Å². The molecule has 0 N–H and O–H groups in total. The number of hydrogen-bond acceptors (Lipinski definition) is 4. The molecule has 8 rings (SSSR count). The molecule has 4 nitrogen and oxygen atoms in total. The molecule has 0 bridgehead atoms. The molecule has 4 heterocycles. The summed E-state index contributed by atoms with van der Waals surface area (Å²) in [7, 11) is 3.70. The number of anilines is 4. The minimum atomic E-state index is -0.621. The fourth-order valence-electron chi connectivity index (χ4n) is 5.50. The van der Waals surface area contributed by atoms with Gasteiger partial charge in [-0.3, -0.25) is 0 Å². The zero-order chi connectivity index (χ0) is 27.8. The summed E-state index contributed by atoms with van der Waals surface area (Å²) in [4.78, 5) is 13.4. The van der Waals surface area contributed by atoms with Crippen LogP contribution in [0, 0.1) is 12.1 Å². The molecule has 1 radical (unpaired) electrons. The molecule has 1 unspecified atom stereocenters. The molecule has 2 aromatic heterocycles. The zero-order valence-electron chi connectivity index (χ0n) is 23.2. The first-order valence-electron chi connectivity index (χ1n) is 13.6. The van der Waals surface area contributed by atoms with E-state index in [9.17, 15) is 0 Å². The summed E-state index contributed by atoms with van der Waals surface area (Å²) in [5.41, 5.74) is 8.97. The summed E-state index contributed by atoms with van der Waals surface area (Å²) in [5.74, 6) is 0. The van der Waals surface area contributed by atoms with Crippen LogP contribution in [0.1, 0.15) is 0 Å². The van der Waals surface area contributed by atoms with Crippen molar-refractivity contribution in [2.45, 2.75) is 0 Å². The summed E-state index contributed by atoms with van der Waals surface area (Å²) in [6.45, 7) is 0. The van der Waals surface area contributed by atoms with Gasteiger partial charge in [-0.05, 0) is 70.9 Å². The third-order valence-corrected chi connectivity index (χ3v) is 10.1. The van der Waals surface area contributed by atoms with Gasteiger partial charge in [0.1, 0.15) is 0 Å². The normalized spacial score (nSPS) is 13.9. The molecule has 0 fully saturated rings. The summed E-state index contributed by atoms with van der Waals surface area (Å²) in [6, 6.07) is 46.5. The van der Waals surface area contributed by atoms with Crippen LogP contribution in [0.25, 0.3) is 22.5 Å². The van der Waals surface area contributed by atoms with Crippen molar-refractivity contribution in [3.8, 4) is 22.5 Å². The van der Waals surface area contributed by atoms with Crippen LogP contribution in [0.5, 0.6) is 0 Å². The third-order valence-electron chi connectivity index (χ3n) is 7.48. The predicted molar refractivity (Wildman–Crippen MR) is 172 cm³/mol. The Labute approximate surface area is 261 Å². The molecular formula is C36H27IrN4P-2. The van der Waals surface area contributed by atoms with Gasteiger partial charge in [-0.2, -0.15) is 0 Å². The van der Waals surface area contributed by atoms with Gasteiger partial charge in [-0.15, -0.1) is 53.6 Å². The van der Waals surface area contributed by atoms with Gasteiger partial charge in [0.25, 0.3) is 0 Å². The molecule has 0 aliphatic carbocycles. The first kappa shape index (κ1) is 28.0. The fourth-order valence-corrected chi connectivity index (χ4v) is 8.48. The van der Waals surface area contributed by atoms with Crippen LogP contribution < -0.4 is 25.7 Å². The van der Waals surface area contributed by atoms with E-state index in [2.05, 4.69) is 107 Å². The topological polar surface area (TPSA) is 32.3 Å². The van der Waals surface area contributed by atoms with E-state index in [0.29, 0.717) is 0 Å². The number of fused-ring (bicyclic) bond motifs is 4. The molecule has 2 aliphatic heterocycles. The van der Waals surface area contributed by atoms with E-state index in [1.165, 1.54) is 33.0 Å². The molecule has 0 spiro atoms. The van der Waals surface area contributed by atoms with Crippen molar-refractivity contribution in [2.24, 2.45) is 0 Å². The van der Waals surface area contributed by atoms with E-state index < -0.39 is 7.92 Å². The Morgan fingerprint density at radius 3 is 1.76 bits per heavy atom. The van der Waals surface area contributed by atoms with Gasteiger partial charge >= 0.3 is 0 Å². The Morgan fingerprint density at radius 1 is 0.595 bits per heavy atom. The number of aromatic nitrogens is 2. The second-order valence-corrected chi connectivity index (χ2v) is 12.0. The maximum Gasteiger partial charge on any atom is 0.0471 e. The quantitative estimate of drug-likeness (QED) is 0.141. The van der Waals surface area contributed by atoms with Gasteiger partial charge < -0.3 is 19.8 Å². The van der Waals surface area contributed by atoms with Gasteiger partial charge in [-0.25, -0.2) is 0 Å². The first-order chi connectivity index (χ1) is 20.2. The van der Waals surface area contributed by atoms with Gasteiger partial charge in [0.2, 0.25) is 0 Å². The Hall–Kier alpha value is -4.14. The minimum Gasteiger partial charge on any atom is -0.361 e. The summed E-state index contributed by atoms with van der Waals surface area (Å²) in [6.07, 6.45) is 3.63. The van der Waals surface area contributed by atoms with Gasteiger partial charge in [-0.1, -0.05) is 60.7 Å². The van der Waals surface area contributed by atoms with Crippen molar-refractivity contribution in [3.63, 3.8) is 0 Å². The summed E-state index contributed by atoms with van der Waals surface area (Å²) in [5, 5.41) is 4.22. The molecule has 0 amide bonds. The maximum absolute atomic E-state index is 4.59. The molecule has 4 aromatic carbocycles. The Bertz CT molecular complexity index is 1720. The van der Waals surface area contributed by atoms with Crippen molar-refractivity contribution >= 4 is 46.6 Å². The van der Waals surface area contributed by atoms with Crippen molar-refractivity contribution in [2.75, 3.05) is 23.9 Å². The first-order valence-corrected chi connectivity index (χ1v) is 14.9. The van der Waals surface area contributed by atoms with Crippen LogP contribution in [0.3, 0.4) is 0 Å². The van der Waals surface area contributed by atoms with E-state index in [1.54, 1.807) is 6.20 Å². The number of benzene rings is 4. The molecule has 0 saturated carbocycles. The maximum atomic E-state index is 4.59. The second kappa shape index (κ2) is 12.0. The second-order valence-electron chi connectivity index (χ2n) is 9.90. The van der Waals surface area contributed by atoms with Crippen molar-refractivity contribution < 1.29 is 20.1 Å². The Balaban J connectivity index is 0.000000205. The fraction of sp³-hybridized carbons (Fsp3) is 0.0556. The average Bonchev–Trinajstić information content (AvgIpc) is 3.06. The van der Waals surface area contributed by atoms with Gasteiger partial charge in [0, 0.05) is 58.0 Å². The number of hydrogen-bond donors (Lipinski definition) is 0. The van der Waals surface area contributed by atoms with Crippen LogP contribution >= 0.6 is 7.92 Å². The largest absolute Gasteiger partial charge is 0.361 e. The third kappa shape index (κ3) is 4.95. The minimum absolute atomic E-state index is 0. The van der Waals surface area contributed by atoms with Crippen molar-refractivity contribution in [1.82, 2.24) is 9.97 Å². The molecule has 6 aromatic rings. The molecule has 6 heteroatoms. The average molecular weight is 739 g/mol. The zero-order valence-corrected chi connectivity index (χ0v) is 26.5. The number of para-hydroxylation sites is 2. The molecule has 0 saturated heterocycles. The Kier molecular flexibility index (Phi) is 8.00. The van der Waals surface area contributed by atoms with Crippen LogP contribution in [0.4, 0.5) is 22.7 Å². The van der Waals surface area contributed by atoms with E-state index in [0.717, 1.165) is 28.2 Å². The molecule has 42 heavy (non-hydrogen) atoms. The number of pyridine rings is 2. The molecular weight excluding hydrogens is 712 g/mol. The van der Waals surface area contributed by atoms with E-state index in [4.69, 9.17) is 0 Å². The van der Waals surface area contributed by atoms with E-state index >= 15 is 0 Å². The number of rotatable bonds is 2. The van der Waals surface area contributed by atoms with Crippen LogP contribution in [0.2, 0.25) is 0 Å². The number of nitrogens with zero attached hydrogens (tertiary/aromatic N) is 4. The van der Waals surface area contributed by atoms with Crippen LogP contribution in [-0.4, -0.2) is 24.1 Å². The molecule has 1 atom stereocenters. The van der Waals surface area contributed by atoms with Gasteiger partial charge in [0.15, 0.2) is 0 Å². The summed E-state index contributed by atoms with van der Waals surface area (Å²) >= 11 is 0. The SMILES string of the molecule is CN1c2[c-]c(-c3ccccn3)cc3c2P(c2ccccc21)c1ccccc1N3C.[Ir].[c-]1ccccc1-c1ccccn1. The monoisotopic (exact) mass is 739 g/mol.